The van der Waals surface area contributed by atoms with E-state index in [4.69, 9.17) is 27.9 Å². The van der Waals surface area contributed by atoms with Crippen LogP contribution in [-0.4, -0.2) is 27.0 Å². The van der Waals surface area contributed by atoms with Crippen LogP contribution in [0.15, 0.2) is 47.4 Å². The van der Waals surface area contributed by atoms with Gasteiger partial charge in [0.25, 0.3) is 15.9 Å². The summed E-state index contributed by atoms with van der Waals surface area (Å²) in [5, 5.41) is 3.36. The van der Waals surface area contributed by atoms with E-state index in [-0.39, 0.29) is 28.5 Å². The van der Waals surface area contributed by atoms with E-state index in [1.165, 1.54) is 42.5 Å². The summed E-state index contributed by atoms with van der Waals surface area (Å²) in [6.07, 6.45) is 0.824. The number of anilines is 1. The van der Waals surface area contributed by atoms with Crippen molar-refractivity contribution in [2.75, 3.05) is 11.3 Å². The van der Waals surface area contributed by atoms with Crippen molar-refractivity contribution in [3.05, 3.63) is 52.5 Å². The summed E-state index contributed by atoms with van der Waals surface area (Å²) in [4.78, 5) is 11.8. The lowest BCUT2D eigenvalue weighted by Crippen LogP contribution is -2.35. The van der Waals surface area contributed by atoms with E-state index in [0.717, 1.165) is 6.42 Å². The Hall–Kier alpha value is -1.96. The van der Waals surface area contributed by atoms with Crippen molar-refractivity contribution in [1.82, 2.24) is 5.32 Å². The number of amides is 1. The summed E-state index contributed by atoms with van der Waals surface area (Å²) in [6.45, 7) is 3.73. The van der Waals surface area contributed by atoms with Gasteiger partial charge in [0.2, 0.25) is 0 Å². The van der Waals surface area contributed by atoms with Crippen molar-refractivity contribution in [3.63, 3.8) is 0 Å². The standard InChI is InChI=1S/C18H20Cl2N2O4S/c1-3-12(2)21-18(23)11-26-14-5-7-15(8-6-14)27(24,25)22-13-4-9-16(19)17(20)10-13/h4-10,12,22H,3,11H2,1-2H3,(H,21,23)/t12-/m1/s1. The Bertz CT molecular complexity index is 902. The smallest absolute Gasteiger partial charge is 0.261 e. The van der Waals surface area contributed by atoms with Gasteiger partial charge in [-0.15, -0.1) is 0 Å². The number of benzene rings is 2. The van der Waals surface area contributed by atoms with Crippen LogP contribution in [0, 0.1) is 0 Å². The minimum absolute atomic E-state index is 0.0463. The molecule has 0 saturated heterocycles. The van der Waals surface area contributed by atoms with Gasteiger partial charge in [0.05, 0.1) is 20.6 Å². The predicted molar refractivity (Wildman–Crippen MR) is 107 cm³/mol. The Balaban J connectivity index is 2.00. The number of halogens is 2. The first-order chi connectivity index (χ1) is 12.7. The fraction of sp³-hybridized carbons (Fsp3) is 0.278. The molecule has 2 rings (SSSR count). The fourth-order valence-electron chi connectivity index (χ4n) is 2.06. The molecule has 0 bridgehead atoms. The van der Waals surface area contributed by atoms with Crippen LogP contribution >= 0.6 is 23.2 Å². The first-order valence-electron chi connectivity index (χ1n) is 8.21. The van der Waals surface area contributed by atoms with Crippen LogP contribution < -0.4 is 14.8 Å². The Morgan fingerprint density at radius 1 is 1.11 bits per heavy atom. The quantitative estimate of drug-likeness (QED) is 0.660. The molecule has 0 unspecified atom stereocenters. The molecule has 0 aromatic heterocycles. The topological polar surface area (TPSA) is 84.5 Å². The van der Waals surface area contributed by atoms with Crippen molar-refractivity contribution in [3.8, 4) is 5.75 Å². The molecule has 0 radical (unpaired) electrons. The van der Waals surface area contributed by atoms with Crippen LogP contribution in [0.3, 0.4) is 0 Å². The van der Waals surface area contributed by atoms with Crippen molar-refractivity contribution in [2.45, 2.75) is 31.2 Å². The Morgan fingerprint density at radius 2 is 1.78 bits per heavy atom. The maximum Gasteiger partial charge on any atom is 0.261 e. The minimum Gasteiger partial charge on any atom is -0.484 e. The Labute approximate surface area is 168 Å². The lowest BCUT2D eigenvalue weighted by atomic mass is 10.2. The van der Waals surface area contributed by atoms with Gasteiger partial charge in [-0.05, 0) is 55.8 Å². The molecule has 0 aliphatic heterocycles. The van der Waals surface area contributed by atoms with Crippen molar-refractivity contribution < 1.29 is 17.9 Å². The SMILES string of the molecule is CC[C@@H](C)NC(=O)COc1ccc(S(=O)(=O)Nc2ccc(Cl)c(Cl)c2)cc1. The molecular formula is C18H20Cl2N2O4S. The molecule has 146 valence electrons. The van der Waals surface area contributed by atoms with Gasteiger partial charge in [0, 0.05) is 6.04 Å². The number of nitrogens with one attached hydrogen (secondary N) is 2. The van der Waals surface area contributed by atoms with Crippen LogP contribution in [0.4, 0.5) is 5.69 Å². The van der Waals surface area contributed by atoms with Crippen LogP contribution in [0.5, 0.6) is 5.75 Å². The van der Waals surface area contributed by atoms with E-state index in [2.05, 4.69) is 10.0 Å². The second-order valence-corrected chi connectivity index (χ2v) is 8.37. The highest BCUT2D eigenvalue weighted by Crippen LogP contribution is 2.26. The highest BCUT2D eigenvalue weighted by Gasteiger charge is 2.15. The third-order valence-corrected chi connectivity index (χ3v) is 5.83. The van der Waals surface area contributed by atoms with E-state index in [1.807, 2.05) is 13.8 Å². The summed E-state index contributed by atoms with van der Waals surface area (Å²) < 4.78 is 32.7. The molecule has 1 atom stereocenters. The minimum atomic E-state index is -3.80. The summed E-state index contributed by atoms with van der Waals surface area (Å²) in [7, 11) is -3.80. The third kappa shape index (κ3) is 6.30. The molecule has 0 saturated carbocycles. The molecule has 0 spiro atoms. The molecular weight excluding hydrogens is 411 g/mol. The van der Waals surface area contributed by atoms with Gasteiger partial charge in [-0.3, -0.25) is 9.52 Å². The van der Waals surface area contributed by atoms with Gasteiger partial charge in [-0.1, -0.05) is 30.1 Å². The Morgan fingerprint density at radius 3 is 2.37 bits per heavy atom. The lowest BCUT2D eigenvalue weighted by molar-refractivity contribution is -0.123. The summed E-state index contributed by atoms with van der Waals surface area (Å²) in [5.41, 5.74) is 0.298. The monoisotopic (exact) mass is 430 g/mol. The first-order valence-corrected chi connectivity index (χ1v) is 10.4. The lowest BCUT2D eigenvalue weighted by Gasteiger charge is -2.12. The molecule has 2 aromatic carbocycles. The van der Waals surface area contributed by atoms with E-state index in [1.54, 1.807) is 0 Å². The van der Waals surface area contributed by atoms with E-state index in [0.29, 0.717) is 16.5 Å². The Kier molecular flexibility index (Phi) is 7.35. The normalized spacial score (nSPS) is 12.3. The number of carbonyl (C=O) groups excluding carboxylic acids is 1. The maximum absolute atomic E-state index is 12.4. The van der Waals surface area contributed by atoms with Gasteiger partial charge in [0.1, 0.15) is 5.75 Å². The van der Waals surface area contributed by atoms with E-state index >= 15 is 0 Å². The average molecular weight is 431 g/mol. The van der Waals surface area contributed by atoms with Gasteiger partial charge >= 0.3 is 0 Å². The van der Waals surface area contributed by atoms with Crippen molar-refractivity contribution >= 4 is 44.8 Å². The number of ether oxygens (including phenoxy) is 1. The molecule has 0 heterocycles. The molecule has 0 aliphatic rings. The molecule has 9 heteroatoms. The average Bonchev–Trinajstić information content (AvgIpc) is 2.63. The number of sulfonamides is 1. The zero-order valence-electron chi connectivity index (χ0n) is 14.8. The molecule has 2 aromatic rings. The second-order valence-electron chi connectivity index (χ2n) is 5.87. The van der Waals surface area contributed by atoms with Crippen LogP contribution in [-0.2, 0) is 14.8 Å². The van der Waals surface area contributed by atoms with Gasteiger partial charge in [0.15, 0.2) is 6.61 Å². The van der Waals surface area contributed by atoms with Crippen molar-refractivity contribution in [2.24, 2.45) is 0 Å². The van der Waals surface area contributed by atoms with Crippen LogP contribution in [0.2, 0.25) is 10.0 Å². The van der Waals surface area contributed by atoms with E-state index in [9.17, 15) is 13.2 Å². The number of rotatable bonds is 8. The predicted octanol–water partition coefficient (Wildman–Crippen LogP) is 4.09. The number of hydrogen-bond acceptors (Lipinski definition) is 4. The number of carbonyl (C=O) groups is 1. The van der Waals surface area contributed by atoms with Gasteiger partial charge < -0.3 is 10.1 Å². The highest BCUT2D eigenvalue weighted by atomic mass is 35.5. The van der Waals surface area contributed by atoms with Crippen molar-refractivity contribution in [1.29, 1.82) is 0 Å². The number of hydrogen-bond donors (Lipinski definition) is 2. The first kappa shape index (κ1) is 21.3. The second kappa shape index (κ2) is 9.30. The molecule has 1 amide bonds. The molecule has 2 N–H and O–H groups in total. The largest absolute Gasteiger partial charge is 0.484 e. The molecule has 6 nitrogen and oxygen atoms in total. The summed E-state index contributed by atoms with van der Waals surface area (Å²) in [6, 6.07) is 10.3. The van der Waals surface area contributed by atoms with Crippen LogP contribution in [0.25, 0.3) is 0 Å². The molecule has 0 fully saturated rings. The van der Waals surface area contributed by atoms with Gasteiger partial charge in [-0.25, -0.2) is 8.42 Å². The summed E-state index contributed by atoms with van der Waals surface area (Å²) in [5.74, 6) is 0.158. The van der Waals surface area contributed by atoms with Crippen LogP contribution in [0.1, 0.15) is 20.3 Å². The van der Waals surface area contributed by atoms with Gasteiger partial charge in [-0.2, -0.15) is 0 Å². The fourth-order valence-corrected chi connectivity index (χ4v) is 3.40. The highest BCUT2D eigenvalue weighted by molar-refractivity contribution is 7.92. The van der Waals surface area contributed by atoms with E-state index < -0.39 is 10.0 Å². The summed E-state index contributed by atoms with van der Waals surface area (Å²) >= 11 is 11.7. The molecule has 27 heavy (non-hydrogen) atoms. The third-order valence-electron chi connectivity index (χ3n) is 3.70. The molecule has 0 aliphatic carbocycles. The maximum atomic E-state index is 12.4. The zero-order valence-corrected chi connectivity index (χ0v) is 17.2. The zero-order chi connectivity index (χ0) is 20.0.